The normalized spacial score (nSPS) is 10.7. The molecule has 0 aliphatic heterocycles. The molecule has 20 heavy (non-hydrogen) atoms. The second-order valence-corrected chi connectivity index (χ2v) is 5.04. The van der Waals surface area contributed by atoms with Crippen LogP contribution < -0.4 is 0 Å². The van der Waals surface area contributed by atoms with Crippen LogP contribution in [0.2, 0.25) is 10.0 Å². The van der Waals surface area contributed by atoms with Crippen molar-refractivity contribution in [3.8, 4) is 0 Å². The first kappa shape index (κ1) is 13.0. The largest absolute Gasteiger partial charge is 0.287 e. The molecule has 3 rings (SSSR count). The summed E-state index contributed by atoms with van der Waals surface area (Å²) in [6.45, 7) is 0. The number of para-hydroxylation sites is 2. The minimum absolute atomic E-state index is 0.243. The molecule has 3 nitrogen and oxygen atoms in total. The lowest BCUT2D eigenvalue weighted by molar-refractivity contribution is 0.103. The van der Waals surface area contributed by atoms with Crippen molar-refractivity contribution in [2.45, 2.75) is 0 Å². The maximum atomic E-state index is 12.4. The molecule has 0 N–H and O–H groups in total. The van der Waals surface area contributed by atoms with Gasteiger partial charge in [-0.2, -0.15) is 0 Å². The van der Waals surface area contributed by atoms with Crippen molar-refractivity contribution in [1.29, 1.82) is 0 Å². The van der Waals surface area contributed by atoms with E-state index in [2.05, 4.69) is 9.97 Å². The van der Waals surface area contributed by atoms with E-state index in [0.717, 1.165) is 5.52 Å². The summed E-state index contributed by atoms with van der Waals surface area (Å²) in [6, 6.07) is 12.1. The molecule has 0 unspecified atom stereocenters. The van der Waals surface area contributed by atoms with Crippen LogP contribution in [-0.4, -0.2) is 15.8 Å². The standard InChI is InChI=1S/C15H8Cl2N2O/c16-9-5-6-11(17)10(7-9)15(20)14-8-18-12-3-1-2-4-13(12)19-14/h1-8H. The highest BCUT2D eigenvalue weighted by Gasteiger charge is 2.15. The van der Waals surface area contributed by atoms with E-state index in [1.165, 1.54) is 12.3 Å². The van der Waals surface area contributed by atoms with Gasteiger partial charge in [-0.3, -0.25) is 9.78 Å². The van der Waals surface area contributed by atoms with Crippen molar-refractivity contribution < 1.29 is 4.79 Å². The Morgan fingerprint density at radius 1 is 1.00 bits per heavy atom. The van der Waals surface area contributed by atoms with Crippen LogP contribution in [0, 0.1) is 0 Å². The summed E-state index contributed by atoms with van der Waals surface area (Å²) < 4.78 is 0. The van der Waals surface area contributed by atoms with E-state index < -0.39 is 0 Å². The topological polar surface area (TPSA) is 42.9 Å². The minimum Gasteiger partial charge on any atom is -0.287 e. The molecule has 0 aliphatic carbocycles. The molecule has 3 aromatic rings. The second kappa shape index (κ2) is 5.19. The predicted octanol–water partition coefficient (Wildman–Crippen LogP) is 4.17. The zero-order valence-electron chi connectivity index (χ0n) is 10.2. The van der Waals surface area contributed by atoms with Crippen molar-refractivity contribution in [2.24, 2.45) is 0 Å². The third kappa shape index (κ3) is 2.38. The van der Waals surface area contributed by atoms with Gasteiger partial charge in [-0.05, 0) is 30.3 Å². The highest BCUT2D eigenvalue weighted by atomic mass is 35.5. The Bertz CT molecular complexity index is 818. The van der Waals surface area contributed by atoms with Gasteiger partial charge in [0.25, 0.3) is 0 Å². The number of aromatic nitrogens is 2. The fourth-order valence-corrected chi connectivity index (χ4v) is 2.25. The quantitative estimate of drug-likeness (QED) is 0.667. The summed E-state index contributed by atoms with van der Waals surface area (Å²) in [5, 5.41) is 0.792. The van der Waals surface area contributed by atoms with E-state index in [-0.39, 0.29) is 11.5 Å². The number of nitrogens with zero attached hydrogens (tertiary/aromatic N) is 2. The molecule has 0 radical (unpaired) electrons. The average Bonchev–Trinajstić information content (AvgIpc) is 2.48. The van der Waals surface area contributed by atoms with E-state index in [0.29, 0.717) is 21.1 Å². The summed E-state index contributed by atoms with van der Waals surface area (Å²) in [5.41, 5.74) is 1.97. The maximum absolute atomic E-state index is 12.4. The number of hydrogen-bond donors (Lipinski definition) is 0. The van der Waals surface area contributed by atoms with Gasteiger partial charge in [0.15, 0.2) is 0 Å². The first-order valence-electron chi connectivity index (χ1n) is 5.87. The maximum Gasteiger partial charge on any atom is 0.214 e. The van der Waals surface area contributed by atoms with Crippen LogP contribution in [0.5, 0.6) is 0 Å². The number of ketones is 1. The molecule has 1 aromatic heterocycles. The Kier molecular flexibility index (Phi) is 3.38. The van der Waals surface area contributed by atoms with Gasteiger partial charge in [0.05, 0.1) is 22.3 Å². The molecule has 0 spiro atoms. The Hall–Kier alpha value is -1.97. The first-order chi connectivity index (χ1) is 9.65. The van der Waals surface area contributed by atoms with Gasteiger partial charge in [-0.1, -0.05) is 35.3 Å². The van der Waals surface area contributed by atoms with Gasteiger partial charge < -0.3 is 0 Å². The lowest BCUT2D eigenvalue weighted by Crippen LogP contribution is -2.06. The SMILES string of the molecule is O=C(c1cnc2ccccc2n1)c1cc(Cl)ccc1Cl. The molecule has 0 atom stereocenters. The van der Waals surface area contributed by atoms with Crippen LogP contribution in [0.3, 0.4) is 0 Å². The number of benzene rings is 2. The fraction of sp³-hybridized carbons (Fsp3) is 0. The lowest BCUT2D eigenvalue weighted by Gasteiger charge is -2.04. The van der Waals surface area contributed by atoms with Crippen molar-refractivity contribution in [3.05, 3.63) is 70.0 Å². The second-order valence-electron chi connectivity index (χ2n) is 4.20. The van der Waals surface area contributed by atoms with E-state index >= 15 is 0 Å². The predicted molar refractivity (Wildman–Crippen MR) is 79.4 cm³/mol. The Morgan fingerprint density at radius 2 is 1.75 bits per heavy atom. The third-order valence-corrected chi connectivity index (χ3v) is 3.42. The average molecular weight is 303 g/mol. The zero-order valence-corrected chi connectivity index (χ0v) is 11.7. The number of carbonyl (C=O) groups is 1. The fourth-order valence-electron chi connectivity index (χ4n) is 1.88. The van der Waals surface area contributed by atoms with Gasteiger partial charge in [-0.15, -0.1) is 0 Å². The number of carbonyl (C=O) groups excluding carboxylic acids is 1. The molecule has 5 heteroatoms. The van der Waals surface area contributed by atoms with Crippen molar-refractivity contribution in [3.63, 3.8) is 0 Å². The van der Waals surface area contributed by atoms with Gasteiger partial charge >= 0.3 is 0 Å². The first-order valence-corrected chi connectivity index (χ1v) is 6.62. The van der Waals surface area contributed by atoms with Crippen LogP contribution in [0.25, 0.3) is 11.0 Å². The third-order valence-electron chi connectivity index (χ3n) is 2.85. The molecule has 0 aliphatic rings. The molecule has 0 fully saturated rings. The molecule has 0 bridgehead atoms. The number of fused-ring (bicyclic) bond motifs is 1. The highest BCUT2D eigenvalue weighted by molar-refractivity contribution is 6.36. The van der Waals surface area contributed by atoms with Gasteiger partial charge in [0.1, 0.15) is 5.69 Å². The van der Waals surface area contributed by atoms with E-state index in [9.17, 15) is 4.79 Å². The molecule has 1 heterocycles. The van der Waals surface area contributed by atoms with Crippen LogP contribution in [0.1, 0.15) is 16.1 Å². The number of rotatable bonds is 2. The van der Waals surface area contributed by atoms with E-state index in [4.69, 9.17) is 23.2 Å². The van der Waals surface area contributed by atoms with Crippen LogP contribution >= 0.6 is 23.2 Å². The van der Waals surface area contributed by atoms with Crippen LogP contribution in [-0.2, 0) is 0 Å². The summed E-state index contributed by atoms with van der Waals surface area (Å²) in [7, 11) is 0. The number of hydrogen-bond acceptors (Lipinski definition) is 3. The molecule has 0 saturated heterocycles. The molecule has 2 aromatic carbocycles. The van der Waals surface area contributed by atoms with Crippen molar-refractivity contribution in [1.82, 2.24) is 9.97 Å². The van der Waals surface area contributed by atoms with Gasteiger partial charge in [0.2, 0.25) is 5.78 Å². The summed E-state index contributed by atoms with van der Waals surface area (Å²) >= 11 is 11.9. The minimum atomic E-state index is -0.296. The Morgan fingerprint density at radius 3 is 2.55 bits per heavy atom. The number of halogens is 2. The lowest BCUT2D eigenvalue weighted by atomic mass is 10.1. The molecular weight excluding hydrogens is 295 g/mol. The molecule has 0 amide bonds. The smallest absolute Gasteiger partial charge is 0.214 e. The van der Waals surface area contributed by atoms with Crippen molar-refractivity contribution >= 4 is 40.0 Å². The summed E-state index contributed by atoms with van der Waals surface area (Å²) in [6.07, 6.45) is 1.45. The Balaban J connectivity index is 2.10. The Labute approximate surface area is 125 Å². The highest BCUT2D eigenvalue weighted by Crippen LogP contribution is 2.23. The van der Waals surface area contributed by atoms with Crippen LogP contribution in [0.15, 0.2) is 48.7 Å². The summed E-state index contributed by atoms with van der Waals surface area (Å²) in [5.74, 6) is -0.296. The molecule has 98 valence electrons. The van der Waals surface area contributed by atoms with Gasteiger partial charge in [-0.25, -0.2) is 4.98 Å². The molecular formula is C15H8Cl2N2O. The van der Waals surface area contributed by atoms with Gasteiger partial charge in [0, 0.05) is 10.6 Å². The molecule has 0 saturated carbocycles. The monoisotopic (exact) mass is 302 g/mol. The summed E-state index contributed by atoms with van der Waals surface area (Å²) in [4.78, 5) is 20.9. The van der Waals surface area contributed by atoms with E-state index in [1.807, 2.05) is 18.2 Å². The van der Waals surface area contributed by atoms with E-state index in [1.54, 1.807) is 18.2 Å². The van der Waals surface area contributed by atoms with Crippen molar-refractivity contribution in [2.75, 3.05) is 0 Å². The van der Waals surface area contributed by atoms with Crippen LogP contribution in [0.4, 0.5) is 0 Å². The zero-order chi connectivity index (χ0) is 14.1.